The van der Waals surface area contributed by atoms with Gasteiger partial charge in [-0.15, -0.1) is 11.3 Å². The molecule has 13 heavy (non-hydrogen) atoms. The highest BCUT2D eigenvalue weighted by Crippen LogP contribution is 2.22. The summed E-state index contributed by atoms with van der Waals surface area (Å²) in [6.45, 7) is 8.09. The fourth-order valence-electron chi connectivity index (χ4n) is 1.04. The molecular formula is C10H15NOS. The predicted octanol–water partition coefficient (Wildman–Crippen LogP) is 3.07. The summed E-state index contributed by atoms with van der Waals surface area (Å²) in [5.41, 5.74) is 0.985. The van der Waals surface area contributed by atoms with E-state index in [1.165, 1.54) is 11.3 Å². The maximum atomic E-state index is 11.6. The minimum atomic E-state index is 0.0522. The molecule has 0 fully saturated rings. The van der Waals surface area contributed by atoms with Gasteiger partial charge in [0, 0.05) is 17.5 Å². The molecule has 0 spiro atoms. The number of Topliss-reactive ketones (excluding diaryl/α,β-unsaturated/α-hetero) is 1. The Bertz CT molecular complexity index is 309. The lowest BCUT2D eigenvalue weighted by molar-refractivity contribution is 0.0939. The van der Waals surface area contributed by atoms with Gasteiger partial charge >= 0.3 is 0 Å². The minimum absolute atomic E-state index is 0.0522. The SMILES string of the molecule is Cc1csc(C(=O)CC(C)(C)C)n1. The van der Waals surface area contributed by atoms with Crippen LogP contribution < -0.4 is 0 Å². The van der Waals surface area contributed by atoms with Crippen LogP contribution in [0.25, 0.3) is 0 Å². The van der Waals surface area contributed by atoms with Crippen molar-refractivity contribution < 1.29 is 4.79 Å². The van der Waals surface area contributed by atoms with Crippen LogP contribution in [0.15, 0.2) is 5.38 Å². The monoisotopic (exact) mass is 197 g/mol. The van der Waals surface area contributed by atoms with Gasteiger partial charge in [0.1, 0.15) is 0 Å². The van der Waals surface area contributed by atoms with Crippen molar-refractivity contribution in [2.45, 2.75) is 34.1 Å². The highest BCUT2D eigenvalue weighted by Gasteiger charge is 2.19. The highest BCUT2D eigenvalue weighted by molar-refractivity contribution is 7.11. The van der Waals surface area contributed by atoms with E-state index in [0.717, 1.165) is 5.69 Å². The van der Waals surface area contributed by atoms with E-state index < -0.39 is 0 Å². The number of rotatable bonds is 2. The second kappa shape index (κ2) is 3.58. The van der Waals surface area contributed by atoms with Crippen molar-refractivity contribution in [2.24, 2.45) is 5.41 Å². The van der Waals surface area contributed by atoms with Gasteiger partial charge in [0.15, 0.2) is 10.8 Å². The van der Waals surface area contributed by atoms with Gasteiger partial charge in [0.25, 0.3) is 0 Å². The largest absolute Gasteiger partial charge is 0.291 e. The van der Waals surface area contributed by atoms with Crippen LogP contribution in [-0.4, -0.2) is 10.8 Å². The van der Waals surface area contributed by atoms with Crippen LogP contribution in [0.4, 0.5) is 0 Å². The fraction of sp³-hybridized carbons (Fsp3) is 0.600. The number of hydrogen-bond acceptors (Lipinski definition) is 3. The van der Waals surface area contributed by atoms with Crippen LogP contribution in [0.5, 0.6) is 0 Å². The molecule has 0 saturated carbocycles. The first-order chi connectivity index (χ1) is 5.88. The predicted molar refractivity (Wildman–Crippen MR) is 55.3 cm³/mol. The Labute approximate surface area is 83.0 Å². The normalized spacial score (nSPS) is 11.7. The molecule has 2 nitrogen and oxygen atoms in total. The highest BCUT2D eigenvalue weighted by atomic mass is 32.1. The van der Waals surface area contributed by atoms with Crippen LogP contribution in [0.3, 0.4) is 0 Å². The summed E-state index contributed by atoms with van der Waals surface area (Å²) in [5.74, 6) is 0.158. The van der Waals surface area contributed by atoms with Crippen LogP contribution in [0.2, 0.25) is 0 Å². The zero-order chi connectivity index (χ0) is 10.1. The summed E-state index contributed by atoms with van der Waals surface area (Å²) < 4.78 is 0. The van der Waals surface area contributed by atoms with Gasteiger partial charge in [-0.2, -0.15) is 0 Å². The third kappa shape index (κ3) is 3.27. The molecule has 0 aliphatic carbocycles. The molecular weight excluding hydrogens is 182 g/mol. The molecule has 1 heterocycles. The van der Waals surface area contributed by atoms with E-state index >= 15 is 0 Å². The van der Waals surface area contributed by atoms with E-state index in [-0.39, 0.29) is 11.2 Å². The van der Waals surface area contributed by atoms with Gasteiger partial charge in [-0.1, -0.05) is 20.8 Å². The summed E-state index contributed by atoms with van der Waals surface area (Å²) >= 11 is 1.44. The Kier molecular flexibility index (Phi) is 2.86. The molecule has 0 aromatic carbocycles. The molecule has 0 atom stereocenters. The molecule has 0 unspecified atom stereocenters. The third-order valence-corrected chi connectivity index (χ3v) is 2.55. The summed E-state index contributed by atoms with van der Waals surface area (Å²) in [5, 5.41) is 2.56. The average molecular weight is 197 g/mol. The van der Waals surface area contributed by atoms with Crippen molar-refractivity contribution in [2.75, 3.05) is 0 Å². The Balaban J connectivity index is 2.70. The van der Waals surface area contributed by atoms with E-state index in [1.807, 2.05) is 12.3 Å². The number of aromatic nitrogens is 1. The molecule has 0 saturated heterocycles. The lowest BCUT2D eigenvalue weighted by Crippen LogP contribution is -2.12. The van der Waals surface area contributed by atoms with E-state index in [4.69, 9.17) is 0 Å². The number of aryl methyl sites for hydroxylation is 1. The van der Waals surface area contributed by atoms with Crippen molar-refractivity contribution in [1.29, 1.82) is 0 Å². The number of ketones is 1. The molecule has 0 radical (unpaired) electrons. The van der Waals surface area contributed by atoms with E-state index in [1.54, 1.807) is 0 Å². The van der Waals surface area contributed by atoms with Gasteiger partial charge < -0.3 is 0 Å². The minimum Gasteiger partial charge on any atom is -0.291 e. The zero-order valence-electron chi connectivity index (χ0n) is 8.55. The smallest absolute Gasteiger partial charge is 0.191 e. The van der Waals surface area contributed by atoms with Gasteiger partial charge in [-0.25, -0.2) is 4.98 Å². The van der Waals surface area contributed by atoms with Crippen LogP contribution in [-0.2, 0) is 0 Å². The summed E-state index contributed by atoms with van der Waals surface area (Å²) in [4.78, 5) is 15.8. The van der Waals surface area contributed by atoms with Gasteiger partial charge in [0.05, 0.1) is 0 Å². The summed E-state index contributed by atoms with van der Waals surface area (Å²) in [6.07, 6.45) is 0.569. The average Bonchev–Trinajstić information content (AvgIpc) is 2.31. The van der Waals surface area contributed by atoms with Gasteiger partial charge in [-0.05, 0) is 12.3 Å². The fourth-order valence-corrected chi connectivity index (χ4v) is 1.77. The van der Waals surface area contributed by atoms with Crippen molar-refractivity contribution in [1.82, 2.24) is 4.98 Å². The standard InChI is InChI=1S/C10H15NOS/c1-7-6-13-9(11-7)8(12)5-10(2,3)4/h6H,5H2,1-4H3. The van der Waals surface area contributed by atoms with E-state index in [2.05, 4.69) is 25.8 Å². The van der Waals surface area contributed by atoms with Crippen molar-refractivity contribution in [3.63, 3.8) is 0 Å². The van der Waals surface area contributed by atoms with E-state index in [9.17, 15) is 4.79 Å². The van der Waals surface area contributed by atoms with Crippen LogP contribution >= 0.6 is 11.3 Å². The molecule has 1 rings (SSSR count). The quantitative estimate of drug-likeness (QED) is 0.682. The summed E-state index contributed by atoms with van der Waals surface area (Å²) in [6, 6.07) is 0. The van der Waals surface area contributed by atoms with Crippen molar-refractivity contribution in [3.05, 3.63) is 16.1 Å². The molecule has 1 aromatic rings. The molecule has 0 N–H and O–H groups in total. The molecule has 1 aromatic heterocycles. The van der Waals surface area contributed by atoms with Gasteiger partial charge in [0.2, 0.25) is 0 Å². The Morgan fingerprint density at radius 2 is 2.15 bits per heavy atom. The van der Waals surface area contributed by atoms with Crippen molar-refractivity contribution >= 4 is 17.1 Å². The lowest BCUT2D eigenvalue weighted by atomic mass is 9.90. The van der Waals surface area contributed by atoms with E-state index in [0.29, 0.717) is 11.4 Å². The first-order valence-corrected chi connectivity index (χ1v) is 5.22. The first-order valence-electron chi connectivity index (χ1n) is 4.34. The molecule has 72 valence electrons. The molecule has 0 aliphatic heterocycles. The number of thiazole rings is 1. The third-order valence-electron chi connectivity index (χ3n) is 1.55. The molecule has 0 bridgehead atoms. The second-order valence-electron chi connectivity index (χ2n) is 4.45. The van der Waals surface area contributed by atoms with Crippen molar-refractivity contribution in [3.8, 4) is 0 Å². The Hall–Kier alpha value is -0.700. The molecule has 0 amide bonds. The molecule has 0 aliphatic rings. The number of hydrogen-bond donors (Lipinski definition) is 0. The zero-order valence-corrected chi connectivity index (χ0v) is 9.36. The lowest BCUT2D eigenvalue weighted by Gasteiger charge is -2.15. The van der Waals surface area contributed by atoms with Crippen LogP contribution in [0.1, 0.15) is 42.7 Å². The topological polar surface area (TPSA) is 30.0 Å². The Morgan fingerprint density at radius 3 is 2.54 bits per heavy atom. The maximum absolute atomic E-state index is 11.6. The number of carbonyl (C=O) groups excluding carboxylic acids is 1. The van der Waals surface area contributed by atoms with Gasteiger partial charge in [-0.3, -0.25) is 4.79 Å². The number of nitrogens with zero attached hydrogens (tertiary/aromatic N) is 1. The second-order valence-corrected chi connectivity index (χ2v) is 5.31. The summed E-state index contributed by atoms with van der Waals surface area (Å²) in [7, 11) is 0. The number of carbonyl (C=O) groups is 1. The molecule has 3 heteroatoms. The maximum Gasteiger partial charge on any atom is 0.191 e. The first kappa shape index (κ1) is 10.4. The Morgan fingerprint density at radius 1 is 1.54 bits per heavy atom. The van der Waals surface area contributed by atoms with Crippen LogP contribution in [0, 0.1) is 12.3 Å².